The van der Waals surface area contributed by atoms with Crippen LogP contribution in [-0.2, 0) is 23.2 Å². The molecule has 0 aliphatic carbocycles. The molecule has 0 saturated heterocycles. The second kappa shape index (κ2) is 6.13. The zero-order valence-corrected chi connectivity index (χ0v) is 15.0. The number of pyridine rings is 1. The van der Waals surface area contributed by atoms with Gasteiger partial charge in [-0.25, -0.2) is 13.4 Å². The maximum absolute atomic E-state index is 12.9. The van der Waals surface area contributed by atoms with Crippen molar-refractivity contribution in [3.8, 4) is 0 Å². The molecule has 138 valence electrons. The zero-order chi connectivity index (χ0) is 19.3. The van der Waals surface area contributed by atoms with Gasteiger partial charge >= 0.3 is 6.18 Å². The fourth-order valence-electron chi connectivity index (χ4n) is 2.46. The number of nitrogens with zero attached hydrogens (tertiary/aromatic N) is 3. The molecule has 1 N–H and O–H groups in total. The molecule has 6 nitrogen and oxygen atoms in total. The summed E-state index contributed by atoms with van der Waals surface area (Å²) < 4.78 is 67.3. The third kappa shape index (κ3) is 3.47. The molecule has 0 amide bonds. The second-order valence-corrected chi connectivity index (χ2v) is 7.70. The standard InChI is InChI=1S/C15H12ClF3N4O2S/c1-8-13-6-12(7-20-14(13)23(2)21-8)26(24,25)22-11-4-9(15(17,18)19)3-10(16)5-11/h3-7,22H,1-2H3. The Labute approximate surface area is 151 Å². The summed E-state index contributed by atoms with van der Waals surface area (Å²) in [6.45, 7) is 1.69. The number of benzene rings is 1. The average molecular weight is 405 g/mol. The molecule has 0 unspecified atom stereocenters. The number of hydrogen-bond donors (Lipinski definition) is 1. The van der Waals surface area contributed by atoms with Crippen molar-refractivity contribution in [2.45, 2.75) is 18.0 Å². The lowest BCUT2D eigenvalue weighted by Crippen LogP contribution is -2.14. The Morgan fingerprint density at radius 1 is 1.19 bits per heavy atom. The summed E-state index contributed by atoms with van der Waals surface area (Å²) in [5.41, 5.74) is -0.287. The van der Waals surface area contributed by atoms with Crippen molar-refractivity contribution in [3.05, 3.63) is 46.7 Å². The van der Waals surface area contributed by atoms with Crippen LogP contribution < -0.4 is 4.72 Å². The average Bonchev–Trinajstić information content (AvgIpc) is 2.80. The van der Waals surface area contributed by atoms with Crippen LogP contribution in [0.15, 0.2) is 35.4 Å². The molecule has 11 heteroatoms. The first kappa shape index (κ1) is 18.5. The van der Waals surface area contributed by atoms with Gasteiger partial charge < -0.3 is 0 Å². The van der Waals surface area contributed by atoms with Gasteiger partial charge in [-0.1, -0.05) is 11.6 Å². The van der Waals surface area contributed by atoms with Crippen LogP contribution in [0.4, 0.5) is 18.9 Å². The van der Waals surface area contributed by atoms with E-state index < -0.39 is 21.8 Å². The lowest BCUT2D eigenvalue weighted by molar-refractivity contribution is -0.137. The highest BCUT2D eigenvalue weighted by molar-refractivity contribution is 7.92. The van der Waals surface area contributed by atoms with Crippen LogP contribution in [-0.4, -0.2) is 23.2 Å². The molecule has 3 rings (SSSR count). The van der Waals surface area contributed by atoms with Crippen molar-refractivity contribution in [1.29, 1.82) is 0 Å². The van der Waals surface area contributed by atoms with Gasteiger partial charge in [0.25, 0.3) is 10.0 Å². The summed E-state index contributed by atoms with van der Waals surface area (Å²) in [6, 6.07) is 3.84. The Morgan fingerprint density at radius 3 is 2.54 bits per heavy atom. The molecule has 2 aromatic heterocycles. The summed E-state index contributed by atoms with van der Waals surface area (Å²) in [7, 11) is -2.50. The molecule has 0 spiro atoms. The van der Waals surface area contributed by atoms with E-state index in [9.17, 15) is 21.6 Å². The number of aryl methyl sites for hydroxylation is 2. The molecule has 2 heterocycles. The molecular weight excluding hydrogens is 393 g/mol. The molecular formula is C15H12ClF3N4O2S. The van der Waals surface area contributed by atoms with E-state index in [0.29, 0.717) is 28.9 Å². The third-order valence-corrected chi connectivity index (χ3v) is 5.19. The van der Waals surface area contributed by atoms with Crippen molar-refractivity contribution in [3.63, 3.8) is 0 Å². The normalized spacial score (nSPS) is 12.5. The monoisotopic (exact) mass is 404 g/mol. The summed E-state index contributed by atoms with van der Waals surface area (Å²) in [6.07, 6.45) is -3.54. The third-order valence-electron chi connectivity index (χ3n) is 3.63. The van der Waals surface area contributed by atoms with Crippen molar-refractivity contribution in [2.75, 3.05) is 4.72 Å². The summed E-state index contributed by atoms with van der Waals surface area (Å²) >= 11 is 5.67. The topological polar surface area (TPSA) is 76.9 Å². The first-order valence-electron chi connectivity index (χ1n) is 7.17. The van der Waals surface area contributed by atoms with E-state index in [4.69, 9.17) is 11.6 Å². The second-order valence-electron chi connectivity index (χ2n) is 5.58. The SMILES string of the molecule is Cc1nn(C)c2ncc(S(=O)(=O)Nc3cc(Cl)cc(C(F)(F)F)c3)cc12. The van der Waals surface area contributed by atoms with E-state index in [0.717, 1.165) is 12.3 Å². The molecule has 0 radical (unpaired) electrons. The predicted octanol–water partition coefficient (Wildman–Crippen LogP) is 3.75. The Balaban J connectivity index is 2.02. The van der Waals surface area contributed by atoms with Gasteiger partial charge in [0.15, 0.2) is 5.65 Å². The van der Waals surface area contributed by atoms with Gasteiger partial charge in [-0.05, 0) is 31.2 Å². The van der Waals surface area contributed by atoms with Crippen LogP contribution in [0.25, 0.3) is 11.0 Å². The van der Waals surface area contributed by atoms with Gasteiger partial charge in [0.2, 0.25) is 0 Å². The maximum Gasteiger partial charge on any atom is 0.416 e. The highest BCUT2D eigenvalue weighted by Gasteiger charge is 2.31. The van der Waals surface area contributed by atoms with E-state index in [1.165, 1.54) is 10.7 Å². The first-order chi connectivity index (χ1) is 12.0. The molecule has 0 saturated carbocycles. The Morgan fingerprint density at radius 2 is 1.88 bits per heavy atom. The number of nitrogens with one attached hydrogen (secondary N) is 1. The molecule has 0 bridgehead atoms. The van der Waals surface area contributed by atoms with Gasteiger partial charge in [0, 0.05) is 23.7 Å². The van der Waals surface area contributed by atoms with E-state index in [-0.39, 0.29) is 15.6 Å². The molecule has 0 atom stereocenters. The molecule has 0 fully saturated rings. The number of halogens is 4. The summed E-state index contributed by atoms with van der Waals surface area (Å²) in [5, 5.41) is 4.43. The lowest BCUT2D eigenvalue weighted by Gasteiger charge is -2.12. The number of anilines is 1. The lowest BCUT2D eigenvalue weighted by atomic mass is 10.2. The number of sulfonamides is 1. The first-order valence-corrected chi connectivity index (χ1v) is 9.03. The summed E-state index contributed by atoms with van der Waals surface area (Å²) in [4.78, 5) is 3.86. The quantitative estimate of drug-likeness (QED) is 0.721. The number of fused-ring (bicyclic) bond motifs is 1. The highest BCUT2D eigenvalue weighted by atomic mass is 35.5. The fourth-order valence-corrected chi connectivity index (χ4v) is 3.71. The van der Waals surface area contributed by atoms with Gasteiger partial charge in [0.1, 0.15) is 4.90 Å². The molecule has 1 aromatic carbocycles. The molecule has 0 aliphatic rings. The van der Waals surface area contributed by atoms with E-state index in [1.807, 2.05) is 0 Å². The molecule has 0 aliphatic heterocycles. The largest absolute Gasteiger partial charge is 0.416 e. The number of hydrogen-bond acceptors (Lipinski definition) is 4. The Bertz CT molecular complexity index is 1110. The zero-order valence-electron chi connectivity index (χ0n) is 13.5. The molecule has 26 heavy (non-hydrogen) atoms. The van der Waals surface area contributed by atoms with Crippen LogP contribution in [0.1, 0.15) is 11.3 Å². The smallest absolute Gasteiger partial charge is 0.280 e. The van der Waals surface area contributed by atoms with Crippen molar-refractivity contribution < 1.29 is 21.6 Å². The minimum Gasteiger partial charge on any atom is -0.280 e. The van der Waals surface area contributed by atoms with Crippen LogP contribution in [0.3, 0.4) is 0 Å². The predicted molar refractivity (Wildman–Crippen MR) is 90.5 cm³/mol. The van der Waals surface area contributed by atoms with Gasteiger partial charge in [0.05, 0.1) is 16.9 Å². The fraction of sp³-hybridized carbons (Fsp3) is 0.200. The van der Waals surface area contributed by atoms with Crippen LogP contribution in [0.2, 0.25) is 5.02 Å². The summed E-state index contributed by atoms with van der Waals surface area (Å²) in [5.74, 6) is 0. The minimum atomic E-state index is -4.65. The number of alkyl halides is 3. The van der Waals surface area contributed by atoms with Gasteiger partial charge in [-0.2, -0.15) is 18.3 Å². The van der Waals surface area contributed by atoms with Gasteiger partial charge in [-0.15, -0.1) is 0 Å². The minimum absolute atomic E-state index is 0.199. The highest BCUT2D eigenvalue weighted by Crippen LogP contribution is 2.34. The van der Waals surface area contributed by atoms with Crippen molar-refractivity contribution in [2.24, 2.45) is 7.05 Å². The van der Waals surface area contributed by atoms with Crippen LogP contribution >= 0.6 is 11.6 Å². The number of rotatable bonds is 3. The maximum atomic E-state index is 12.9. The van der Waals surface area contributed by atoms with E-state index in [2.05, 4.69) is 14.8 Å². The molecule has 3 aromatic rings. The van der Waals surface area contributed by atoms with E-state index in [1.54, 1.807) is 14.0 Å². The van der Waals surface area contributed by atoms with Crippen molar-refractivity contribution in [1.82, 2.24) is 14.8 Å². The Kier molecular flexibility index (Phi) is 4.35. The Hall–Kier alpha value is -2.33. The van der Waals surface area contributed by atoms with Crippen LogP contribution in [0.5, 0.6) is 0 Å². The van der Waals surface area contributed by atoms with Crippen LogP contribution in [0, 0.1) is 6.92 Å². The van der Waals surface area contributed by atoms with Gasteiger partial charge in [-0.3, -0.25) is 9.40 Å². The van der Waals surface area contributed by atoms with Crippen molar-refractivity contribution >= 4 is 38.3 Å². The van der Waals surface area contributed by atoms with E-state index >= 15 is 0 Å². The number of aromatic nitrogens is 3.